The lowest BCUT2D eigenvalue weighted by molar-refractivity contribution is -0.106. The largest absolute Gasteiger partial charge is 0.295 e. The second-order valence-corrected chi connectivity index (χ2v) is 1.50. The number of halogens is 1. The first kappa shape index (κ1) is 7.34. The van der Waals surface area contributed by atoms with Crippen molar-refractivity contribution in [3.63, 3.8) is 0 Å². The predicted octanol–water partition coefficient (Wildman–Crippen LogP) is 1.84. The third-order valence-electron chi connectivity index (χ3n) is 0.741. The van der Waals surface area contributed by atoms with Crippen molar-refractivity contribution in [1.82, 2.24) is 0 Å². The Hall–Kier alpha value is -0.660. The van der Waals surface area contributed by atoms with E-state index in [1.807, 2.05) is 6.92 Å². The third-order valence-corrected chi connectivity index (χ3v) is 0.741. The molecule has 0 rings (SSSR count). The summed E-state index contributed by atoms with van der Waals surface area (Å²) in [5, 5.41) is 0. The zero-order valence-corrected chi connectivity index (χ0v) is 4.86. The SMILES string of the molecule is CCCC=C(F)C=O. The Morgan fingerprint density at radius 1 is 1.75 bits per heavy atom. The van der Waals surface area contributed by atoms with Gasteiger partial charge in [0.05, 0.1) is 0 Å². The lowest BCUT2D eigenvalue weighted by Gasteiger charge is -1.80. The molecule has 0 atom stereocenters. The van der Waals surface area contributed by atoms with Gasteiger partial charge in [-0.15, -0.1) is 0 Å². The molecular formula is C6H9FO. The Morgan fingerprint density at radius 2 is 2.38 bits per heavy atom. The van der Waals surface area contributed by atoms with E-state index in [-0.39, 0.29) is 6.29 Å². The van der Waals surface area contributed by atoms with E-state index in [0.29, 0.717) is 6.42 Å². The summed E-state index contributed by atoms with van der Waals surface area (Å²) < 4.78 is 11.8. The first-order valence-corrected chi connectivity index (χ1v) is 2.62. The number of hydrogen-bond donors (Lipinski definition) is 0. The molecule has 0 N–H and O–H groups in total. The van der Waals surface area contributed by atoms with Gasteiger partial charge in [0.25, 0.3) is 0 Å². The van der Waals surface area contributed by atoms with E-state index in [0.717, 1.165) is 6.42 Å². The molecule has 0 saturated heterocycles. The van der Waals surface area contributed by atoms with Gasteiger partial charge in [-0.1, -0.05) is 13.3 Å². The van der Waals surface area contributed by atoms with E-state index in [1.165, 1.54) is 6.08 Å². The minimum absolute atomic E-state index is 0.218. The van der Waals surface area contributed by atoms with Crippen LogP contribution in [0, 0.1) is 0 Å². The highest BCUT2D eigenvalue weighted by molar-refractivity contribution is 5.69. The van der Waals surface area contributed by atoms with Crippen molar-refractivity contribution in [1.29, 1.82) is 0 Å². The average molecular weight is 116 g/mol. The van der Waals surface area contributed by atoms with Gasteiger partial charge in [0.15, 0.2) is 12.1 Å². The van der Waals surface area contributed by atoms with Gasteiger partial charge < -0.3 is 0 Å². The van der Waals surface area contributed by atoms with Crippen molar-refractivity contribution in [3.05, 3.63) is 11.9 Å². The van der Waals surface area contributed by atoms with E-state index in [2.05, 4.69) is 0 Å². The number of carbonyl (C=O) groups excluding carboxylic acids is 1. The quantitative estimate of drug-likeness (QED) is 0.406. The molecule has 0 radical (unpaired) electrons. The summed E-state index contributed by atoms with van der Waals surface area (Å²) in [6.45, 7) is 1.93. The normalized spacial score (nSPS) is 11.5. The van der Waals surface area contributed by atoms with Crippen molar-refractivity contribution >= 4 is 6.29 Å². The molecule has 0 saturated carbocycles. The van der Waals surface area contributed by atoms with Crippen LogP contribution in [0.4, 0.5) is 4.39 Å². The number of rotatable bonds is 3. The molecule has 2 heteroatoms. The molecule has 46 valence electrons. The van der Waals surface area contributed by atoms with Gasteiger partial charge in [-0.2, -0.15) is 0 Å². The monoisotopic (exact) mass is 116 g/mol. The highest BCUT2D eigenvalue weighted by Crippen LogP contribution is 1.95. The number of unbranched alkanes of at least 4 members (excludes halogenated alkanes) is 1. The number of aldehydes is 1. The van der Waals surface area contributed by atoms with Gasteiger partial charge >= 0.3 is 0 Å². The molecule has 8 heavy (non-hydrogen) atoms. The summed E-state index contributed by atoms with van der Waals surface area (Å²) in [7, 11) is 0. The van der Waals surface area contributed by atoms with E-state index in [1.54, 1.807) is 0 Å². The van der Waals surface area contributed by atoms with Crippen LogP contribution >= 0.6 is 0 Å². The minimum Gasteiger partial charge on any atom is -0.295 e. The zero-order valence-electron chi connectivity index (χ0n) is 4.86. The lowest BCUT2D eigenvalue weighted by atomic mass is 10.3. The van der Waals surface area contributed by atoms with Crippen LogP contribution in [0.25, 0.3) is 0 Å². The van der Waals surface area contributed by atoms with E-state index < -0.39 is 5.83 Å². The molecule has 0 fully saturated rings. The zero-order chi connectivity index (χ0) is 6.41. The van der Waals surface area contributed by atoms with Crippen LogP contribution in [0.2, 0.25) is 0 Å². The molecule has 0 bridgehead atoms. The van der Waals surface area contributed by atoms with E-state index in [9.17, 15) is 9.18 Å². The molecule has 0 heterocycles. The maximum Gasteiger partial charge on any atom is 0.178 e. The molecule has 0 spiro atoms. The van der Waals surface area contributed by atoms with Gasteiger partial charge in [-0.3, -0.25) is 4.79 Å². The van der Waals surface area contributed by atoms with E-state index >= 15 is 0 Å². The molecule has 0 aliphatic carbocycles. The number of carbonyl (C=O) groups is 1. The van der Waals surface area contributed by atoms with Gasteiger partial charge in [0, 0.05) is 0 Å². The van der Waals surface area contributed by atoms with Crippen LogP contribution in [-0.2, 0) is 4.79 Å². The lowest BCUT2D eigenvalue weighted by Crippen LogP contribution is -1.72. The van der Waals surface area contributed by atoms with Gasteiger partial charge in [-0.25, -0.2) is 4.39 Å². The Kier molecular flexibility index (Phi) is 4.13. The second-order valence-electron chi connectivity index (χ2n) is 1.50. The molecule has 0 aromatic rings. The molecule has 0 aliphatic rings. The van der Waals surface area contributed by atoms with Crippen molar-refractivity contribution in [3.8, 4) is 0 Å². The average Bonchev–Trinajstić information content (AvgIpc) is 1.83. The number of hydrogen-bond acceptors (Lipinski definition) is 1. The smallest absolute Gasteiger partial charge is 0.178 e. The fraction of sp³-hybridized carbons (Fsp3) is 0.500. The third kappa shape index (κ3) is 3.53. The van der Waals surface area contributed by atoms with Gasteiger partial charge in [0.1, 0.15) is 0 Å². The molecule has 0 unspecified atom stereocenters. The van der Waals surface area contributed by atoms with Gasteiger partial charge in [-0.05, 0) is 12.5 Å². The molecule has 0 aromatic carbocycles. The fourth-order valence-electron chi connectivity index (χ4n) is 0.330. The summed E-state index contributed by atoms with van der Waals surface area (Å²) >= 11 is 0. The summed E-state index contributed by atoms with van der Waals surface area (Å²) in [6.07, 6.45) is 3.02. The highest BCUT2D eigenvalue weighted by atomic mass is 19.1. The van der Waals surface area contributed by atoms with Crippen LogP contribution in [-0.4, -0.2) is 6.29 Å². The Morgan fingerprint density at radius 3 is 2.75 bits per heavy atom. The Balaban J connectivity index is 3.40. The summed E-state index contributed by atoms with van der Waals surface area (Å²) in [4.78, 5) is 9.57. The maximum absolute atomic E-state index is 11.8. The van der Waals surface area contributed by atoms with Gasteiger partial charge in [0.2, 0.25) is 0 Å². The highest BCUT2D eigenvalue weighted by Gasteiger charge is 1.84. The minimum atomic E-state index is -0.660. The van der Waals surface area contributed by atoms with Crippen molar-refractivity contribution in [2.24, 2.45) is 0 Å². The van der Waals surface area contributed by atoms with Crippen molar-refractivity contribution < 1.29 is 9.18 Å². The topological polar surface area (TPSA) is 17.1 Å². The van der Waals surface area contributed by atoms with E-state index in [4.69, 9.17) is 0 Å². The molecule has 0 amide bonds. The van der Waals surface area contributed by atoms with Crippen LogP contribution < -0.4 is 0 Å². The number of allylic oxidation sites excluding steroid dienone is 2. The first-order valence-electron chi connectivity index (χ1n) is 2.62. The summed E-state index contributed by atoms with van der Waals surface area (Å²) in [5.74, 6) is -0.660. The predicted molar refractivity (Wildman–Crippen MR) is 30.2 cm³/mol. The standard InChI is InChI=1S/C6H9FO/c1-2-3-4-6(7)5-8/h4-5H,2-3H2,1H3. The molecule has 1 nitrogen and oxygen atoms in total. The fourth-order valence-corrected chi connectivity index (χ4v) is 0.330. The molecule has 0 aliphatic heterocycles. The maximum atomic E-state index is 11.8. The van der Waals surface area contributed by atoms with Crippen LogP contribution in [0.3, 0.4) is 0 Å². The van der Waals surface area contributed by atoms with Crippen molar-refractivity contribution in [2.45, 2.75) is 19.8 Å². The Labute approximate surface area is 48.2 Å². The summed E-state index contributed by atoms with van der Waals surface area (Å²) in [6, 6.07) is 0. The Bertz CT molecular complexity index is 96.7. The molecular weight excluding hydrogens is 107 g/mol. The summed E-state index contributed by atoms with van der Waals surface area (Å²) in [5.41, 5.74) is 0. The van der Waals surface area contributed by atoms with Crippen LogP contribution in [0.5, 0.6) is 0 Å². The van der Waals surface area contributed by atoms with Crippen LogP contribution in [0.15, 0.2) is 11.9 Å². The first-order chi connectivity index (χ1) is 3.81. The van der Waals surface area contributed by atoms with Crippen LogP contribution in [0.1, 0.15) is 19.8 Å². The second kappa shape index (κ2) is 4.50. The van der Waals surface area contributed by atoms with Crippen molar-refractivity contribution in [2.75, 3.05) is 0 Å². The molecule has 0 aromatic heterocycles.